The summed E-state index contributed by atoms with van der Waals surface area (Å²) < 4.78 is 17.9. The zero-order chi connectivity index (χ0) is 11.5. The lowest BCUT2D eigenvalue weighted by Gasteiger charge is -1.96. The molecule has 0 saturated carbocycles. The van der Waals surface area contributed by atoms with Crippen LogP contribution in [0.15, 0.2) is 23.8 Å². The van der Waals surface area contributed by atoms with Crippen LogP contribution >= 0.6 is 11.3 Å². The van der Waals surface area contributed by atoms with Crippen LogP contribution in [0.3, 0.4) is 0 Å². The van der Waals surface area contributed by atoms with Gasteiger partial charge in [-0.15, -0.1) is 11.3 Å². The van der Waals surface area contributed by atoms with E-state index < -0.39 is 11.8 Å². The van der Waals surface area contributed by atoms with Crippen LogP contribution in [0.2, 0.25) is 0 Å². The second-order valence-electron chi connectivity index (χ2n) is 2.89. The number of ether oxygens (including phenoxy) is 1. The second kappa shape index (κ2) is 4.36. The summed E-state index contributed by atoms with van der Waals surface area (Å²) in [6.45, 7) is 0. The number of thiazole rings is 1. The third-order valence-corrected chi connectivity index (χ3v) is 2.78. The lowest BCUT2D eigenvalue weighted by Crippen LogP contribution is -2.01. The summed E-state index contributed by atoms with van der Waals surface area (Å²) in [5.41, 5.74) is 0.508. The van der Waals surface area contributed by atoms with Gasteiger partial charge in [0.25, 0.3) is 0 Å². The number of pyridine rings is 1. The summed E-state index contributed by atoms with van der Waals surface area (Å²) in [6.07, 6.45) is 2.58. The SMILES string of the molecule is COC(=O)c1csc(-c2ccncc2F)n1. The van der Waals surface area contributed by atoms with Crippen molar-refractivity contribution in [3.63, 3.8) is 0 Å². The average Bonchev–Trinajstić information content (AvgIpc) is 2.78. The van der Waals surface area contributed by atoms with Gasteiger partial charge in [0, 0.05) is 17.1 Å². The van der Waals surface area contributed by atoms with Crippen LogP contribution in [0.1, 0.15) is 10.5 Å². The molecule has 2 aromatic heterocycles. The van der Waals surface area contributed by atoms with E-state index >= 15 is 0 Å². The molecular weight excluding hydrogens is 231 g/mol. The first kappa shape index (κ1) is 10.7. The molecule has 0 aliphatic heterocycles. The minimum atomic E-state index is -0.531. The predicted octanol–water partition coefficient (Wildman–Crippen LogP) is 2.13. The van der Waals surface area contributed by atoms with Gasteiger partial charge in [-0.2, -0.15) is 0 Å². The maximum atomic E-state index is 13.4. The summed E-state index contributed by atoms with van der Waals surface area (Å²) in [5, 5.41) is 1.96. The number of carbonyl (C=O) groups is 1. The highest BCUT2D eigenvalue weighted by molar-refractivity contribution is 7.13. The first-order valence-corrected chi connectivity index (χ1v) is 5.24. The molecule has 0 atom stereocenters. The van der Waals surface area contributed by atoms with E-state index in [1.807, 2.05) is 0 Å². The third kappa shape index (κ3) is 1.92. The summed E-state index contributed by atoms with van der Waals surface area (Å²) in [6, 6.07) is 1.51. The van der Waals surface area contributed by atoms with Crippen LogP contribution in [-0.4, -0.2) is 23.0 Å². The van der Waals surface area contributed by atoms with E-state index in [-0.39, 0.29) is 5.69 Å². The maximum Gasteiger partial charge on any atom is 0.357 e. The minimum Gasteiger partial charge on any atom is -0.464 e. The van der Waals surface area contributed by atoms with Gasteiger partial charge < -0.3 is 4.74 Å². The number of esters is 1. The van der Waals surface area contributed by atoms with Gasteiger partial charge in [-0.05, 0) is 6.07 Å². The van der Waals surface area contributed by atoms with Crippen molar-refractivity contribution in [2.45, 2.75) is 0 Å². The molecule has 0 amide bonds. The molecule has 82 valence electrons. The Hall–Kier alpha value is -1.82. The topological polar surface area (TPSA) is 52.1 Å². The molecule has 0 bridgehead atoms. The molecule has 0 aliphatic rings. The standard InChI is InChI=1S/C10H7FN2O2S/c1-15-10(14)8-5-16-9(13-8)6-2-3-12-4-7(6)11/h2-5H,1H3. The van der Waals surface area contributed by atoms with E-state index in [4.69, 9.17) is 0 Å². The molecule has 2 aromatic rings. The molecular formula is C10H7FN2O2S. The molecule has 4 nitrogen and oxygen atoms in total. The van der Waals surface area contributed by atoms with Crippen LogP contribution in [0, 0.1) is 5.82 Å². The second-order valence-corrected chi connectivity index (χ2v) is 3.74. The van der Waals surface area contributed by atoms with Gasteiger partial charge in [-0.3, -0.25) is 4.98 Å². The van der Waals surface area contributed by atoms with Crippen LogP contribution in [0.4, 0.5) is 4.39 Å². The lowest BCUT2D eigenvalue weighted by atomic mass is 10.3. The normalized spacial score (nSPS) is 10.1. The molecule has 2 heterocycles. The van der Waals surface area contributed by atoms with Crippen LogP contribution < -0.4 is 0 Å². The highest BCUT2D eigenvalue weighted by atomic mass is 32.1. The van der Waals surface area contributed by atoms with Crippen molar-refractivity contribution >= 4 is 17.3 Å². The fraction of sp³-hybridized carbons (Fsp3) is 0.100. The fourth-order valence-corrected chi connectivity index (χ4v) is 1.96. The van der Waals surface area contributed by atoms with Crippen LogP contribution in [-0.2, 0) is 4.74 Å². The smallest absolute Gasteiger partial charge is 0.357 e. The molecule has 0 fully saturated rings. The minimum absolute atomic E-state index is 0.179. The molecule has 0 radical (unpaired) electrons. The largest absolute Gasteiger partial charge is 0.464 e. The van der Waals surface area contributed by atoms with Gasteiger partial charge in [-0.1, -0.05) is 0 Å². The highest BCUT2D eigenvalue weighted by Gasteiger charge is 2.13. The van der Waals surface area contributed by atoms with E-state index in [2.05, 4.69) is 14.7 Å². The Labute approximate surface area is 94.7 Å². The Kier molecular flexibility index (Phi) is 2.91. The Balaban J connectivity index is 2.39. The molecule has 0 aromatic carbocycles. The highest BCUT2D eigenvalue weighted by Crippen LogP contribution is 2.25. The zero-order valence-corrected chi connectivity index (χ0v) is 9.12. The molecule has 6 heteroatoms. The molecule has 0 aliphatic carbocycles. The van der Waals surface area contributed by atoms with Gasteiger partial charge in [-0.25, -0.2) is 14.2 Å². The van der Waals surface area contributed by atoms with Crippen molar-refractivity contribution in [2.24, 2.45) is 0 Å². The van der Waals surface area contributed by atoms with E-state index in [1.165, 1.54) is 36.1 Å². The first-order chi connectivity index (χ1) is 7.72. The van der Waals surface area contributed by atoms with Crippen molar-refractivity contribution in [3.8, 4) is 10.6 Å². The Morgan fingerprint density at radius 3 is 3.06 bits per heavy atom. The lowest BCUT2D eigenvalue weighted by molar-refractivity contribution is 0.0595. The maximum absolute atomic E-state index is 13.4. The predicted molar refractivity (Wildman–Crippen MR) is 56.6 cm³/mol. The summed E-state index contributed by atoms with van der Waals surface area (Å²) >= 11 is 1.18. The monoisotopic (exact) mass is 238 g/mol. The van der Waals surface area contributed by atoms with Gasteiger partial charge in [0.1, 0.15) is 5.01 Å². The Bertz CT molecular complexity index is 527. The van der Waals surface area contributed by atoms with Crippen LogP contribution in [0.5, 0.6) is 0 Å². The summed E-state index contributed by atoms with van der Waals surface area (Å²) in [5.74, 6) is -0.995. The van der Waals surface area contributed by atoms with Gasteiger partial charge in [0.15, 0.2) is 11.5 Å². The summed E-state index contributed by atoms with van der Waals surface area (Å²) in [4.78, 5) is 18.8. The van der Waals surface area contributed by atoms with Crippen molar-refractivity contribution in [3.05, 3.63) is 35.4 Å². The Morgan fingerprint density at radius 2 is 2.38 bits per heavy atom. The molecule has 16 heavy (non-hydrogen) atoms. The van der Waals surface area contributed by atoms with Gasteiger partial charge in [0.05, 0.1) is 13.3 Å². The number of hydrogen-bond donors (Lipinski definition) is 0. The summed E-state index contributed by atoms with van der Waals surface area (Å²) in [7, 11) is 1.27. The number of nitrogens with zero attached hydrogens (tertiary/aromatic N) is 2. The number of methoxy groups -OCH3 is 1. The average molecular weight is 238 g/mol. The van der Waals surface area contributed by atoms with Crippen molar-refractivity contribution in [2.75, 3.05) is 7.11 Å². The first-order valence-electron chi connectivity index (χ1n) is 4.36. The number of hydrogen-bond acceptors (Lipinski definition) is 5. The van der Waals surface area contributed by atoms with Crippen molar-refractivity contribution in [1.82, 2.24) is 9.97 Å². The number of rotatable bonds is 2. The molecule has 0 unspecified atom stereocenters. The molecule has 0 spiro atoms. The van der Waals surface area contributed by atoms with Gasteiger partial charge >= 0.3 is 5.97 Å². The third-order valence-electron chi connectivity index (χ3n) is 1.90. The Morgan fingerprint density at radius 1 is 1.56 bits per heavy atom. The number of carbonyl (C=O) groups excluding carboxylic acids is 1. The number of aromatic nitrogens is 2. The van der Waals surface area contributed by atoms with E-state index in [1.54, 1.807) is 0 Å². The van der Waals surface area contributed by atoms with Crippen LogP contribution in [0.25, 0.3) is 10.6 Å². The molecule has 0 saturated heterocycles. The number of halogens is 1. The molecule has 2 rings (SSSR count). The fourth-order valence-electron chi connectivity index (χ4n) is 1.14. The van der Waals surface area contributed by atoms with E-state index in [9.17, 15) is 9.18 Å². The van der Waals surface area contributed by atoms with Crippen molar-refractivity contribution < 1.29 is 13.9 Å². The zero-order valence-electron chi connectivity index (χ0n) is 8.31. The quantitative estimate of drug-likeness (QED) is 0.752. The molecule has 0 N–H and O–H groups in total. The van der Waals surface area contributed by atoms with Crippen molar-refractivity contribution in [1.29, 1.82) is 0 Å². The van der Waals surface area contributed by atoms with Gasteiger partial charge in [0.2, 0.25) is 0 Å². The van der Waals surface area contributed by atoms with E-state index in [0.717, 1.165) is 6.20 Å². The van der Waals surface area contributed by atoms with E-state index in [0.29, 0.717) is 10.6 Å².